The Hall–Kier alpha value is -1.54. The number of rotatable bonds is 7. The van der Waals surface area contributed by atoms with Crippen LogP contribution in [0.1, 0.15) is 32.6 Å². The largest absolute Gasteiger partial charge is 0.480 e. The summed E-state index contributed by atoms with van der Waals surface area (Å²) in [5, 5.41) is 4.25. The minimum absolute atomic E-state index is 0.00656. The zero-order valence-electron chi connectivity index (χ0n) is 16.0. The summed E-state index contributed by atoms with van der Waals surface area (Å²) in [6.07, 6.45) is -0.318. The predicted molar refractivity (Wildman–Crippen MR) is 98.2 cm³/mol. The van der Waals surface area contributed by atoms with Gasteiger partial charge in [0.2, 0.25) is 5.88 Å². The maximum absolute atomic E-state index is 12.1. The van der Waals surface area contributed by atoms with E-state index in [0.29, 0.717) is 19.0 Å². The van der Waals surface area contributed by atoms with Crippen molar-refractivity contribution < 1.29 is 14.3 Å². The molecule has 1 rings (SSSR count). The summed E-state index contributed by atoms with van der Waals surface area (Å²) < 4.78 is 10.7. The molecule has 0 aliphatic rings. The molecule has 0 fully saturated rings. The van der Waals surface area contributed by atoms with Crippen LogP contribution < -0.4 is 15.0 Å². The van der Waals surface area contributed by atoms with Crippen molar-refractivity contribution in [3.63, 3.8) is 0 Å². The molecule has 1 aromatic rings. The van der Waals surface area contributed by atoms with Crippen LogP contribution in [-0.2, 0) is 11.3 Å². The number of thiazole rings is 1. The van der Waals surface area contributed by atoms with Gasteiger partial charge < -0.3 is 24.6 Å². The van der Waals surface area contributed by atoms with E-state index < -0.39 is 5.60 Å². The fourth-order valence-electron chi connectivity index (χ4n) is 1.83. The van der Waals surface area contributed by atoms with Gasteiger partial charge in [0, 0.05) is 40.3 Å². The summed E-state index contributed by atoms with van der Waals surface area (Å²) in [6.45, 7) is 8.85. The van der Waals surface area contributed by atoms with Crippen LogP contribution in [0, 0.1) is 0 Å². The molecule has 1 atom stereocenters. The molecule has 0 aliphatic heterocycles. The minimum Gasteiger partial charge on any atom is -0.480 e. The van der Waals surface area contributed by atoms with Gasteiger partial charge in [-0.05, 0) is 27.7 Å². The topological polar surface area (TPSA) is 66.9 Å². The average molecular weight is 359 g/mol. The van der Waals surface area contributed by atoms with Gasteiger partial charge in [0.05, 0.1) is 12.0 Å². The first kappa shape index (κ1) is 20.5. The lowest BCUT2D eigenvalue weighted by atomic mass is 10.2. The monoisotopic (exact) mass is 358 g/mol. The van der Waals surface area contributed by atoms with E-state index in [9.17, 15) is 4.79 Å². The number of hydrogen-bond acceptors (Lipinski definition) is 7. The summed E-state index contributed by atoms with van der Waals surface area (Å²) in [7, 11) is 7.27. The van der Waals surface area contributed by atoms with Gasteiger partial charge in [-0.3, -0.25) is 0 Å². The van der Waals surface area contributed by atoms with E-state index in [1.807, 2.05) is 46.7 Å². The Morgan fingerprint density at radius 1 is 1.33 bits per heavy atom. The molecule has 1 heterocycles. The zero-order valence-corrected chi connectivity index (χ0v) is 16.8. The maximum Gasteiger partial charge on any atom is 0.410 e. The number of amides is 1. The third-order valence-electron chi connectivity index (χ3n) is 3.29. The fraction of sp³-hybridized carbons (Fsp3) is 0.750. The van der Waals surface area contributed by atoms with Crippen molar-refractivity contribution in [1.29, 1.82) is 0 Å². The van der Waals surface area contributed by atoms with E-state index in [0.717, 1.165) is 10.0 Å². The molecule has 24 heavy (non-hydrogen) atoms. The second kappa shape index (κ2) is 8.53. The molecule has 7 nitrogen and oxygen atoms in total. The number of hydrogen-bond donors (Lipinski definition) is 1. The zero-order chi connectivity index (χ0) is 18.5. The highest BCUT2D eigenvalue weighted by atomic mass is 32.1. The molecule has 0 bridgehead atoms. The Morgan fingerprint density at radius 2 is 1.96 bits per heavy atom. The van der Waals surface area contributed by atoms with Crippen LogP contribution in [0.4, 0.5) is 9.93 Å². The summed E-state index contributed by atoms with van der Waals surface area (Å²) in [4.78, 5) is 21.1. The van der Waals surface area contributed by atoms with Gasteiger partial charge in [0.1, 0.15) is 5.60 Å². The van der Waals surface area contributed by atoms with Gasteiger partial charge in [-0.1, -0.05) is 11.3 Å². The lowest BCUT2D eigenvalue weighted by Crippen LogP contribution is -2.43. The van der Waals surface area contributed by atoms with Gasteiger partial charge in [-0.25, -0.2) is 4.79 Å². The molecule has 0 radical (unpaired) electrons. The fourth-order valence-corrected chi connectivity index (χ4v) is 2.76. The molecule has 0 saturated carbocycles. The number of nitrogens with zero attached hydrogens (tertiary/aromatic N) is 3. The van der Waals surface area contributed by atoms with Crippen molar-refractivity contribution in [3.8, 4) is 5.88 Å². The second-order valence-electron chi connectivity index (χ2n) is 6.89. The number of aromatic nitrogens is 1. The molecular formula is C16H30N4O3S. The van der Waals surface area contributed by atoms with Gasteiger partial charge in [-0.15, -0.1) is 0 Å². The highest BCUT2D eigenvalue weighted by molar-refractivity contribution is 7.15. The van der Waals surface area contributed by atoms with E-state index in [2.05, 4.69) is 10.3 Å². The molecule has 1 amide bonds. The Morgan fingerprint density at radius 3 is 2.46 bits per heavy atom. The Labute approximate surface area is 148 Å². The third-order valence-corrected chi connectivity index (χ3v) is 4.50. The Kier molecular flexibility index (Phi) is 7.28. The Balaban J connectivity index is 2.53. The standard InChI is InChI=1S/C16H30N4O3S/c1-11(20(7)15(21)23-16(2,3)4)9-17-10-12-13(22-8)18-14(24-12)19(5)6/h11,17H,9-10H2,1-8H3. The van der Waals surface area contributed by atoms with Crippen molar-refractivity contribution in [2.45, 2.75) is 45.9 Å². The first-order valence-electron chi connectivity index (χ1n) is 7.92. The van der Waals surface area contributed by atoms with Gasteiger partial charge >= 0.3 is 6.09 Å². The molecule has 0 saturated heterocycles. The second-order valence-corrected chi connectivity index (χ2v) is 7.96. The van der Waals surface area contributed by atoms with Gasteiger partial charge in [-0.2, -0.15) is 4.98 Å². The van der Waals surface area contributed by atoms with Crippen LogP contribution in [0.5, 0.6) is 5.88 Å². The number of likely N-dealkylation sites (N-methyl/N-ethyl adjacent to an activating group) is 1. The molecular weight excluding hydrogens is 328 g/mol. The molecule has 0 aliphatic carbocycles. The first-order chi connectivity index (χ1) is 11.0. The van der Waals surface area contributed by atoms with Crippen LogP contribution in [0.3, 0.4) is 0 Å². The van der Waals surface area contributed by atoms with Crippen molar-refractivity contribution >= 4 is 22.6 Å². The number of nitrogens with one attached hydrogen (secondary N) is 1. The van der Waals surface area contributed by atoms with E-state index >= 15 is 0 Å². The summed E-state index contributed by atoms with van der Waals surface area (Å²) in [6, 6.07) is 0.00656. The van der Waals surface area contributed by atoms with Crippen LogP contribution >= 0.6 is 11.3 Å². The normalized spacial score (nSPS) is 12.7. The average Bonchev–Trinajstić information content (AvgIpc) is 2.88. The van der Waals surface area contributed by atoms with Crippen LogP contribution in [-0.4, -0.2) is 62.4 Å². The number of ether oxygens (including phenoxy) is 2. The highest BCUT2D eigenvalue weighted by Gasteiger charge is 2.23. The van der Waals surface area contributed by atoms with E-state index in [-0.39, 0.29) is 12.1 Å². The molecule has 1 aromatic heterocycles. The number of methoxy groups -OCH3 is 1. The van der Waals surface area contributed by atoms with E-state index in [1.54, 1.807) is 30.4 Å². The third kappa shape index (κ3) is 6.16. The summed E-state index contributed by atoms with van der Waals surface area (Å²) >= 11 is 1.59. The molecule has 138 valence electrons. The van der Waals surface area contributed by atoms with Crippen molar-refractivity contribution in [1.82, 2.24) is 15.2 Å². The van der Waals surface area contributed by atoms with Crippen LogP contribution in [0.15, 0.2) is 0 Å². The predicted octanol–water partition coefficient (Wildman–Crippen LogP) is 2.56. The lowest BCUT2D eigenvalue weighted by molar-refractivity contribution is 0.0236. The molecule has 0 spiro atoms. The molecule has 1 unspecified atom stereocenters. The Bertz CT molecular complexity index is 540. The smallest absolute Gasteiger partial charge is 0.410 e. The summed E-state index contributed by atoms with van der Waals surface area (Å²) in [5.41, 5.74) is -0.489. The van der Waals surface area contributed by atoms with Gasteiger partial charge in [0.15, 0.2) is 5.13 Å². The van der Waals surface area contributed by atoms with Crippen LogP contribution in [0.25, 0.3) is 0 Å². The van der Waals surface area contributed by atoms with E-state index in [4.69, 9.17) is 9.47 Å². The molecule has 8 heteroatoms. The lowest BCUT2D eigenvalue weighted by Gasteiger charge is -2.28. The first-order valence-corrected chi connectivity index (χ1v) is 8.74. The number of carbonyl (C=O) groups excluding carboxylic acids is 1. The number of carbonyl (C=O) groups is 1. The van der Waals surface area contributed by atoms with Crippen molar-refractivity contribution in [2.24, 2.45) is 0 Å². The molecule has 0 aromatic carbocycles. The van der Waals surface area contributed by atoms with Gasteiger partial charge in [0.25, 0.3) is 0 Å². The molecule has 1 N–H and O–H groups in total. The quantitative estimate of drug-likeness (QED) is 0.808. The van der Waals surface area contributed by atoms with Crippen molar-refractivity contribution in [2.75, 3.05) is 39.7 Å². The van der Waals surface area contributed by atoms with Crippen molar-refractivity contribution in [3.05, 3.63) is 4.88 Å². The number of anilines is 1. The van der Waals surface area contributed by atoms with E-state index in [1.165, 1.54) is 0 Å². The minimum atomic E-state index is -0.489. The summed E-state index contributed by atoms with van der Waals surface area (Å²) in [5.74, 6) is 0.643. The highest BCUT2D eigenvalue weighted by Crippen LogP contribution is 2.30. The SMILES string of the molecule is COc1nc(N(C)C)sc1CNCC(C)N(C)C(=O)OC(C)(C)C. The maximum atomic E-state index is 12.1. The van der Waals surface area contributed by atoms with Crippen LogP contribution in [0.2, 0.25) is 0 Å².